The zero-order valence-corrected chi connectivity index (χ0v) is 21.4. The maximum atomic E-state index is 11.8. The molecule has 0 saturated carbocycles. The highest BCUT2D eigenvalue weighted by Gasteiger charge is 2.25. The fourth-order valence-corrected chi connectivity index (χ4v) is 4.68. The molecule has 0 aliphatic carbocycles. The van der Waals surface area contributed by atoms with Crippen LogP contribution >= 0.6 is 11.3 Å². The third-order valence-electron chi connectivity index (χ3n) is 4.98. The van der Waals surface area contributed by atoms with Crippen LogP contribution in [0.4, 0.5) is 27.3 Å². The molecule has 0 aliphatic heterocycles. The van der Waals surface area contributed by atoms with Gasteiger partial charge >= 0.3 is 5.13 Å². The van der Waals surface area contributed by atoms with Gasteiger partial charge in [-0.1, -0.05) is 5.10 Å². The highest BCUT2D eigenvalue weighted by Crippen LogP contribution is 2.39. The van der Waals surface area contributed by atoms with Crippen LogP contribution in [0.1, 0.15) is 48.5 Å². The van der Waals surface area contributed by atoms with Gasteiger partial charge in [-0.15, -0.1) is 4.68 Å². The molecular formula is C22H36N7O2S+. The maximum Gasteiger partial charge on any atom is 0.431 e. The van der Waals surface area contributed by atoms with Gasteiger partial charge in [0.2, 0.25) is 11.0 Å². The Balaban J connectivity index is 2.50. The highest BCUT2D eigenvalue weighted by atomic mass is 32.1. The van der Waals surface area contributed by atoms with Gasteiger partial charge in [-0.2, -0.15) is 0 Å². The van der Waals surface area contributed by atoms with E-state index in [2.05, 4.69) is 72.0 Å². The molecule has 0 spiro atoms. The van der Waals surface area contributed by atoms with Crippen molar-refractivity contribution in [1.29, 1.82) is 0 Å². The molecule has 0 bridgehead atoms. The van der Waals surface area contributed by atoms with Crippen LogP contribution in [-0.4, -0.2) is 43.3 Å². The summed E-state index contributed by atoms with van der Waals surface area (Å²) >= 11 is 1.48. The largest absolute Gasteiger partial charge is 0.494 e. The van der Waals surface area contributed by atoms with Crippen LogP contribution in [0.2, 0.25) is 0 Å². The van der Waals surface area contributed by atoms with Crippen molar-refractivity contribution in [2.24, 2.45) is 17.3 Å². The number of azo groups is 1. The summed E-state index contributed by atoms with van der Waals surface area (Å²) in [4.78, 5) is 16.2. The second-order valence-electron chi connectivity index (χ2n) is 7.98. The number of benzene rings is 1. The average Bonchev–Trinajstić information content (AvgIpc) is 3.06. The molecule has 0 unspecified atom stereocenters. The normalized spacial score (nSPS) is 11.5. The standard InChI is InChI=1S/C22H35N7O2S/c1-10-28(11-2)19-12-17(23-16(7)30)18(13-20(19)31-9)24-25-21-27(8)26-22(32-21)29(14(3)4)15(5)6/h12-15H,10-11H2,1-9H3/p+1. The third-order valence-corrected chi connectivity index (χ3v) is 5.99. The van der Waals surface area contributed by atoms with Crippen molar-refractivity contribution >= 4 is 44.6 Å². The van der Waals surface area contributed by atoms with E-state index < -0.39 is 0 Å². The Kier molecular flexibility index (Phi) is 8.94. The number of hydrogen-bond acceptors (Lipinski definition) is 8. The van der Waals surface area contributed by atoms with Crippen molar-refractivity contribution in [1.82, 2.24) is 5.10 Å². The molecule has 2 aromatic rings. The third kappa shape index (κ3) is 5.93. The summed E-state index contributed by atoms with van der Waals surface area (Å²) in [6.07, 6.45) is 0. The first kappa shape index (κ1) is 25.5. The van der Waals surface area contributed by atoms with E-state index in [0.29, 0.717) is 34.3 Å². The molecule has 176 valence electrons. The predicted molar refractivity (Wildman–Crippen MR) is 131 cm³/mol. The number of aromatic nitrogens is 2. The lowest BCUT2D eigenvalue weighted by Gasteiger charge is -2.28. The van der Waals surface area contributed by atoms with Gasteiger partial charge in [0, 0.05) is 38.2 Å². The summed E-state index contributed by atoms with van der Waals surface area (Å²) < 4.78 is 7.34. The number of nitrogens with one attached hydrogen (secondary N) is 1. The van der Waals surface area contributed by atoms with Gasteiger partial charge < -0.3 is 19.9 Å². The Labute approximate surface area is 195 Å². The Hall–Kier alpha value is -2.75. The molecule has 2 rings (SSSR count). The van der Waals surface area contributed by atoms with E-state index in [-0.39, 0.29) is 5.91 Å². The summed E-state index contributed by atoms with van der Waals surface area (Å²) in [5, 5.41) is 18.0. The molecule has 0 radical (unpaired) electrons. The van der Waals surface area contributed by atoms with E-state index in [1.165, 1.54) is 18.3 Å². The van der Waals surface area contributed by atoms with Crippen LogP contribution in [0.3, 0.4) is 0 Å². The highest BCUT2D eigenvalue weighted by molar-refractivity contribution is 7.18. The number of carbonyl (C=O) groups is 1. The first-order chi connectivity index (χ1) is 15.1. The molecule has 10 heteroatoms. The number of amides is 1. The first-order valence-electron chi connectivity index (χ1n) is 10.9. The number of anilines is 3. The molecule has 0 fully saturated rings. The molecule has 0 saturated heterocycles. The topological polar surface area (TPSA) is 86.3 Å². The van der Waals surface area contributed by atoms with Gasteiger partial charge in [0.25, 0.3) is 0 Å². The Morgan fingerprint density at radius 1 is 1.19 bits per heavy atom. The van der Waals surface area contributed by atoms with Crippen LogP contribution in [0.25, 0.3) is 0 Å². The molecule has 0 aliphatic rings. The van der Waals surface area contributed by atoms with Crippen LogP contribution in [0, 0.1) is 0 Å². The van der Waals surface area contributed by atoms with Crippen LogP contribution in [-0.2, 0) is 11.8 Å². The number of nitrogens with zero attached hydrogens (tertiary/aromatic N) is 6. The second kappa shape index (κ2) is 11.2. The maximum absolute atomic E-state index is 11.8. The smallest absolute Gasteiger partial charge is 0.431 e. The first-order valence-corrected chi connectivity index (χ1v) is 11.8. The van der Waals surface area contributed by atoms with Crippen molar-refractivity contribution in [2.45, 2.75) is 60.5 Å². The zero-order chi connectivity index (χ0) is 24.0. The fourth-order valence-electron chi connectivity index (χ4n) is 3.57. The molecule has 1 heterocycles. The average molecular weight is 463 g/mol. The lowest BCUT2D eigenvalue weighted by atomic mass is 10.2. The number of ether oxygens (including phenoxy) is 1. The predicted octanol–water partition coefficient (Wildman–Crippen LogP) is 4.82. The van der Waals surface area contributed by atoms with Gasteiger partial charge in [0.05, 0.1) is 23.6 Å². The molecule has 9 nitrogen and oxygen atoms in total. The van der Waals surface area contributed by atoms with Gasteiger partial charge in [-0.05, 0) is 64.1 Å². The Morgan fingerprint density at radius 3 is 2.31 bits per heavy atom. The molecular weight excluding hydrogens is 426 g/mol. The molecule has 1 amide bonds. The SMILES string of the molecule is CCN(CC)c1cc(NC(C)=O)c(/N=N/c2sc(N(C(C)C)C(C)C)n[n+]2C)cc1OC. The van der Waals surface area contributed by atoms with Crippen LogP contribution < -0.4 is 24.5 Å². The molecule has 1 N–H and O–H groups in total. The molecule has 1 aromatic carbocycles. The van der Waals surface area contributed by atoms with Crippen molar-refractivity contribution in [3.05, 3.63) is 12.1 Å². The Bertz CT molecular complexity index is 944. The minimum Gasteiger partial charge on any atom is -0.494 e. The molecule has 1 aromatic heterocycles. The fraction of sp³-hybridized carbons (Fsp3) is 0.591. The number of rotatable bonds is 10. The molecule has 0 atom stereocenters. The van der Waals surface area contributed by atoms with Crippen molar-refractivity contribution in [3.63, 3.8) is 0 Å². The van der Waals surface area contributed by atoms with E-state index in [0.717, 1.165) is 23.9 Å². The van der Waals surface area contributed by atoms with Crippen LogP contribution in [0.15, 0.2) is 22.4 Å². The van der Waals surface area contributed by atoms with E-state index in [1.807, 2.05) is 13.1 Å². The number of carbonyl (C=O) groups excluding carboxylic acids is 1. The van der Waals surface area contributed by atoms with Crippen molar-refractivity contribution < 1.29 is 14.2 Å². The summed E-state index contributed by atoms with van der Waals surface area (Å²) in [6, 6.07) is 4.32. The summed E-state index contributed by atoms with van der Waals surface area (Å²) in [5.74, 6) is 0.504. The van der Waals surface area contributed by atoms with E-state index >= 15 is 0 Å². The van der Waals surface area contributed by atoms with Gasteiger partial charge in [0.1, 0.15) is 18.5 Å². The van der Waals surface area contributed by atoms with E-state index in [9.17, 15) is 4.79 Å². The van der Waals surface area contributed by atoms with Gasteiger partial charge in [-0.25, -0.2) is 0 Å². The molecule has 32 heavy (non-hydrogen) atoms. The lowest BCUT2D eigenvalue weighted by molar-refractivity contribution is -0.712. The van der Waals surface area contributed by atoms with Gasteiger partial charge in [0.15, 0.2) is 0 Å². The quantitative estimate of drug-likeness (QED) is 0.404. The summed E-state index contributed by atoms with van der Waals surface area (Å²) in [5.41, 5.74) is 2.00. The van der Waals surface area contributed by atoms with E-state index in [4.69, 9.17) is 4.74 Å². The van der Waals surface area contributed by atoms with Gasteiger partial charge in [-0.3, -0.25) is 4.79 Å². The number of methoxy groups -OCH3 is 1. The van der Waals surface area contributed by atoms with Crippen molar-refractivity contribution in [3.8, 4) is 5.75 Å². The van der Waals surface area contributed by atoms with Crippen molar-refractivity contribution in [2.75, 3.05) is 35.3 Å². The number of hydrogen-bond donors (Lipinski definition) is 1. The lowest BCUT2D eigenvalue weighted by Crippen LogP contribution is -2.39. The minimum absolute atomic E-state index is 0.174. The zero-order valence-electron chi connectivity index (χ0n) is 20.6. The summed E-state index contributed by atoms with van der Waals surface area (Å²) in [6.45, 7) is 15.8. The summed E-state index contributed by atoms with van der Waals surface area (Å²) in [7, 11) is 3.48. The van der Waals surface area contributed by atoms with E-state index in [1.54, 1.807) is 17.9 Å². The second-order valence-corrected chi connectivity index (χ2v) is 8.91. The Morgan fingerprint density at radius 2 is 1.81 bits per heavy atom. The van der Waals surface area contributed by atoms with Crippen LogP contribution in [0.5, 0.6) is 5.75 Å². The number of aryl methyl sites for hydroxylation is 1. The monoisotopic (exact) mass is 462 g/mol. The minimum atomic E-state index is -0.174.